The molecule has 0 radical (unpaired) electrons. The molecule has 1 amide bonds. The summed E-state index contributed by atoms with van der Waals surface area (Å²) >= 11 is 6.09. The van der Waals surface area contributed by atoms with Crippen molar-refractivity contribution in [1.82, 2.24) is 9.80 Å². The van der Waals surface area contributed by atoms with Crippen molar-refractivity contribution in [2.45, 2.75) is 12.1 Å². The topological polar surface area (TPSA) is 96.4 Å². The number of Topliss-reactive ketones (excluding diaryl/α,β-unsaturated/α-hetero) is 1. The molecule has 4 heterocycles. The third-order valence-corrected chi connectivity index (χ3v) is 6.46. The van der Waals surface area contributed by atoms with Crippen LogP contribution in [0.3, 0.4) is 0 Å². The van der Waals surface area contributed by atoms with Gasteiger partial charge < -0.3 is 23.6 Å². The third kappa shape index (κ3) is 4.16. The number of carbonyl (C=O) groups is 2. The van der Waals surface area contributed by atoms with Gasteiger partial charge in [-0.3, -0.25) is 14.5 Å². The number of furan rings is 2. The van der Waals surface area contributed by atoms with Gasteiger partial charge in [-0.15, -0.1) is 0 Å². The van der Waals surface area contributed by atoms with Gasteiger partial charge in [-0.1, -0.05) is 23.7 Å². The van der Waals surface area contributed by atoms with Crippen molar-refractivity contribution < 1.29 is 28.3 Å². The molecule has 1 N–H and O–H groups in total. The highest BCUT2D eigenvalue weighted by molar-refractivity contribution is 6.30. The molecule has 34 heavy (non-hydrogen) atoms. The molecule has 2 aliphatic heterocycles. The maximum absolute atomic E-state index is 13.4. The van der Waals surface area contributed by atoms with Crippen molar-refractivity contribution in [1.29, 1.82) is 0 Å². The molecular formula is C25H23ClN2O6. The Hall–Kier alpha value is -3.33. The Labute approximate surface area is 201 Å². The first-order valence-electron chi connectivity index (χ1n) is 11.0. The van der Waals surface area contributed by atoms with Gasteiger partial charge in [0.15, 0.2) is 11.5 Å². The third-order valence-electron chi connectivity index (χ3n) is 6.21. The molecule has 0 aliphatic carbocycles. The minimum Gasteiger partial charge on any atom is -0.503 e. The average molecular weight is 483 g/mol. The summed E-state index contributed by atoms with van der Waals surface area (Å²) in [5.74, 6) is -1.01. The van der Waals surface area contributed by atoms with Gasteiger partial charge >= 0.3 is 0 Å². The van der Waals surface area contributed by atoms with Crippen LogP contribution in [0.25, 0.3) is 0 Å². The number of nitrogens with zero attached hydrogens (tertiary/aromatic N) is 2. The van der Waals surface area contributed by atoms with Crippen LogP contribution in [0.5, 0.6) is 0 Å². The van der Waals surface area contributed by atoms with E-state index in [2.05, 4.69) is 4.90 Å². The lowest BCUT2D eigenvalue weighted by atomic mass is 9.94. The Bertz CT molecular complexity index is 1180. The number of aliphatic hydroxyl groups excluding tert-OH is 1. The number of ketones is 1. The number of rotatable bonds is 7. The number of benzene rings is 1. The van der Waals surface area contributed by atoms with Gasteiger partial charge in [0.2, 0.25) is 5.78 Å². The van der Waals surface area contributed by atoms with E-state index in [1.807, 2.05) is 6.07 Å². The normalized spacial score (nSPS) is 20.2. The Kier molecular flexibility index (Phi) is 6.28. The van der Waals surface area contributed by atoms with E-state index in [0.29, 0.717) is 42.6 Å². The molecule has 9 heteroatoms. The van der Waals surface area contributed by atoms with Crippen LogP contribution in [0.4, 0.5) is 0 Å². The fourth-order valence-electron chi connectivity index (χ4n) is 4.55. The molecule has 2 aromatic heterocycles. The highest BCUT2D eigenvalue weighted by Crippen LogP contribution is 2.41. The van der Waals surface area contributed by atoms with E-state index < -0.39 is 23.5 Å². The van der Waals surface area contributed by atoms with Gasteiger partial charge in [0.1, 0.15) is 5.76 Å². The van der Waals surface area contributed by atoms with E-state index in [9.17, 15) is 14.7 Å². The van der Waals surface area contributed by atoms with Gasteiger partial charge in [-0.2, -0.15) is 0 Å². The molecule has 2 aliphatic rings. The number of aliphatic hydroxyl groups is 1. The molecule has 176 valence electrons. The Morgan fingerprint density at radius 3 is 2.41 bits per heavy atom. The molecule has 8 nitrogen and oxygen atoms in total. The van der Waals surface area contributed by atoms with E-state index in [1.165, 1.54) is 17.2 Å². The molecule has 1 saturated heterocycles. The van der Waals surface area contributed by atoms with E-state index >= 15 is 0 Å². The van der Waals surface area contributed by atoms with E-state index in [-0.39, 0.29) is 23.9 Å². The monoisotopic (exact) mass is 482 g/mol. The average Bonchev–Trinajstić information content (AvgIpc) is 3.62. The highest BCUT2D eigenvalue weighted by Gasteiger charge is 2.46. The quantitative estimate of drug-likeness (QED) is 0.504. The number of carbonyl (C=O) groups excluding carboxylic acids is 2. The Balaban J connectivity index is 1.55. The van der Waals surface area contributed by atoms with Gasteiger partial charge in [-0.05, 0) is 42.0 Å². The van der Waals surface area contributed by atoms with Gasteiger partial charge in [0, 0.05) is 24.7 Å². The van der Waals surface area contributed by atoms with Crippen molar-refractivity contribution in [3.63, 3.8) is 0 Å². The van der Waals surface area contributed by atoms with Crippen molar-refractivity contribution in [2.75, 3.05) is 32.8 Å². The van der Waals surface area contributed by atoms with Gasteiger partial charge in [0.25, 0.3) is 5.91 Å². The second-order valence-electron chi connectivity index (χ2n) is 8.16. The summed E-state index contributed by atoms with van der Waals surface area (Å²) in [6.45, 7) is 2.65. The van der Waals surface area contributed by atoms with Crippen LogP contribution in [0.15, 0.2) is 81.2 Å². The number of morpholine rings is 1. The second-order valence-corrected chi connectivity index (χ2v) is 8.60. The first-order valence-corrected chi connectivity index (χ1v) is 11.4. The summed E-state index contributed by atoms with van der Waals surface area (Å²) in [7, 11) is 0. The standard InChI is InChI=1S/C25H23ClN2O6/c26-17-7-5-16(6-8-17)22-21(23(29)20-4-2-12-34-20)24(30)25(31)28(22)15-18(19-3-1-11-33-19)27-9-13-32-14-10-27/h1-8,11-12,18,22,30H,9-10,13-15H2. The first-order chi connectivity index (χ1) is 16.5. The Morgan fingerprint density at radius 2 is 1.76 bits per heavy atom. The summed E-state index contributed by atoms with van der Waals surface area (Å²) < 4.78 is 16.5. The summed E-state index contributed by atoms with van der Waals surface area (Å²) in [4.78, 5) is 30.4. The molecule has 3 aromatic rings. The summed E-state index contributed by atoms with van der Waals surface area (Å²) in [6, 6.07) is 12.5. The van der Waals surface area contributed by atoms with Crippen molar-refractivity contribution in [2.24, 2.45) is 0 Å². The lowest BCUT2D eigenvalue weighted by Crippen LogP contribution is -2.45. The van der Waals surface area contributed by atoms with Crippen LogP contribution in [-0.2, 0) is 9.53 Å². The zero-order valence-corrected chi connectivity index (χ0v) is 19.0. The molecule has 0 bridgehead atoms. The molecule has 1 aromatic carbocycles. The number of halogens is 1. The van der Waals surface area contributed by atoms with Gasteiger partial charge in [-0.25, -0.2) is 0 Å². The summed E-state index contributed by atoms with van der Waals surface area (Å²) in [5.41, 5.74) is 0.624. The number of ether oxygens (including phenoxy) is 1. The van der Waals surface area contributed by atoms with Crippen LogP contribution in [0.1, 0.15) is 34.0 Å². The summed E-state index contributed by atoms with van der Waals surface area (Å²) in [5, 5.41) is 11.4. The molecular weight excluding hydrogens is 460 g/mol. The molecule has 2 atom stereocenters. The van der Waals surface area contributed by atoms with Crippen LogP contribution in [0, 0.1) is 0 Å². The number of hydrogen-bond acceptors (Lipinski definition) is 7. The molecule has 5 rings (SSSR count). The molecule has 0 saturated carbocycles. The zero-order chi connectivity index (χ0) is 23.7. The van der Waals surface area contributed by atoms with Gasteiger partial charge in [0.05, 0.1) is 43.4 Å². The molecule has 0 spiro atoms. The van der Waals surface area contributed by atoms with Crippen molar-refractivity contribution >= 4 is 23.3 Å². The minimum absolute atomic E-state index is 0.0255. The minimum atomic E-state index is -0.819. The Morgan fingerprint density at radius 1 is 1.06 bits per heavy atom. The number of hydrogen-bond donors (Lipinski definition) is 1. The highest BCUT2D eigenvalue weighted by atomic mass is 35.5. The maximum atomic E-state index is 13.4. The van der Waals surface area contributed by atoms with Crippen LogP contribution in [0.2, 0.25) is 5.02 Å². The van der Waals surface area contributed by atoms with E-state index in [1.54, 1.807) is 42.7 Å². The summed E-state index contributed by atoms with van der Waals surface area (Å²) in [6.07, 6.45) is 2.97. The van der Waals surface area contributed by atoms with Crippen LogP contribution in [-0.4, -0.2) is 59.4 Å². The fraction of sp³-hybridized carbons (Fsp3) is 0.280. The molecule has 2 unspecified atom stereocenters. The van der Waals surface area contributed by atoms with Crippen molar-refractivity contribution in [3.8, 4) is 0 Å². The fourth-order valence-corrected chi connectivity index (χ4v) is 4.67. The SMILES string of the molecule is O=C(C1=C(O)C(=O)N(CC(c2ccco2)N2CCOCC2)C1c1ccc(Cl)cc1)c1ccco1. The predicted octanol–water partition coefficient (Wildman–Crippen LogP) is 4.18. The van der Waals surface area contributed by atoms with Crippen molar-refractivity contribution in [3.05, 3.63) is 94.5 Å². The maximum Gasteiger partial charge on any atom is 0.290 e. The van der Waals surface area contributed by atoms with E-state index in [0.717, 1.165) is 0 Å². The molecule has 1 fully saturated rings. The predicted molar refractivity (Wildman–Crippen MR) is 122 cm³/mol. The first kappa shape index (κ1) is 22.5. The van der Waals surface area contributed by atoms with Crippen LogP contribution >= 0.6 is 11.6 Å². The van der Waals surface area contributed by atoms with E-state index in [4.69, 9.17) is 25.2 Å². The second kappa shape index (κ2) is 9.50. The lowest BCUT2D eigenvalue weighted by molar-refractivity contribution is -0.130. The zero-order valence-electron chi connectivity index (χ0n) is 18.2. The smallest absolute Gasteiger partial charge is 0.290 e. The lowest BCUT2D eigenvalue weighted by Gasteiger charge is -2.37. The van der Waals surface area contributed by atoms with Crippen LogP contribution < -0.4 is 0 Å². The largest absolute Gasteiger partial charge is 0.503 e. The number of amides is 1.